The molecule has 0 saturated carbocycles. The number of imidazole rings is 1. The van der Waals surface area contributed by atoms with Gasteiger partial charge in [-0.2, -0.15) is 15.2 Å². The Morgan fingerprint density at radius 2 is 2.50 bits per heavy atom. The van der Waals surface area contributed by atoms with Crippen LogP contribution >= 0.6 is 0 Å². The molecule has 1 aliphatic rings. The highest BCUT2D eigenvalue weighted by molar-refractivity contribution is 5.84. The Morgan fingerprint density at radius 3 is 3.30 bits per heavy atom. The highest BCUT2D eigenvalue weighted by Gasteiger charge is 2.24. The molecule has 0 aromatic carbocycles. The molecule has 1 aliphatic heterocycles. The Bertz CT molecular complexity index is 647. The van der Waals surface area contributed by atoms with Gasteiger partial charge in [-0.1, -0.05) is 0 Å². The monoisotopic (exact) mass is 273 g/mol. The molecule has 1 fully saturated rings. The highest BCUT2D eigenvalue weighted by Crippen LogP contribution is 2.24. The lowest BCUT2D eigenvalue weighted by Gasteiger charge is -2.30. The lowest BCUT2D eigenvalue weighted by atomic mass is 10.3. The van der Waals surface area contributed by atoms with Gasteiger partial charge in [-0.3, -0.25) is 0 Å². The molecule has 0 amide bonds. The van der Waals surface area contributed by atoms with Crippen molar-refractivity contribution in [3.8, 4) is 6.07 Å². The minimum absolute atomic E-state index is 0.431. The van der Waals surface area contributed by atoms with E-state index in [9.17, 15) is 0 Å². The van der Waals surface area contributed by atoms with Crippen LogP contribution in [-0.2, 0) is 4.74 Å². The van der Waals surface area contributed by atoms with Crippen molar-refractivity contribution in [2.45, 2.75) is 13.0 Å². The van der Waals surface area contributed by atoms with Crippen molar-refractivity contribution in [3.63, 3.8) is 0 Å². The number of nitriles is 1. The number of H-pyrrole nitrogens is 1. The number of hydrogen-bond acceptors (Lipinski definition) is 7. The van der Waals surface area contributed by atoms with Crippen LogP contribution in [0.4, 0.5) is 11.8 Å². The first-order valence-corrected chi connectivity index (χ1v) is 6.53. The van der Waals surface area contributed by atoms with Crippen LogP contribution in [0.2, 0.25) is 0 Å². The fourth-order valence-electron chi connectivity index (χ4n) is 2.20. The fourth-order valence-corrected chi connectivity index (χ4v) is 2.20. The van der Waals surface area contributed by atoms with Crippen LogP contribution in [0, 0.1) is 11.3 Å². The Hall–Kier alpha value is -2.40. The molecule has 2 N–H and O–H groups in total. The Morgan fingerprint density at radius 1 is 1.60 bits per heavy atom. The van der Waals surface area contributed by atoms with E-state index >= 15 is 0 Å². The van der Waals surface area contributed by atoms with Gasteiger partial charge in [-0.05, 0) is 6.92 Å². The van der Waals surface area contributed by atoms with E-state index in [1.165, 1.54) is 0 Å². The number of hydrogen-bond donors (Lipinski definition) is 2. The third-order valence-electron chi connectivity index (χ3n) is 3.11. The number of anilines is 2. The second-order valence-electron chi connectivity index (χ2n) is 4.44. The maximum absolute atomic E-state index is 9.00. The molecule has 1 unspecified atom stereocenters. The van der Waals surface area contributed by atoms with Gasteiger partial charge in [0.2, 0.25) is 5.95 Å². The van der Waals surface area contributed by atoms with Crippen LogP contribution < -0.4 is 10.2 Å². The predicted octanol–water partition coefficient (Wildman–Crippen LogP) is 0.513. The summed E-state index contributed by atoms with van der Waals surface area (Å²) in [6.07, 6.45) is 1.17. The zero-order valence-corrected chi connectivity index (χ0v) is 11.1. The summed E-state index contributed by atoms with van der Waals surface area (Å²) < 4.78 is 5.36. The van der Waals surface area contributed by atoms with Crippen molar-refractivity contribution >= 4 is 22.9 Å². The number of nitrogens with zero attached hydrogens (tertiary/aromatic N) is 5. The Labute approximate surface area is 115 Å². The predicted molar refractivity (Wildman–Crippen MR) is 73.4 cm³/mol. The third kappa shape index (κ3) is 2.23. The molecule has 1 atom stereocenters. The maximum Gasteiger partial charge on any atom is 0.226 e. The SMILES string of the molecule is CCNc1nc(N2CCOC(C#N)C2)c2[nH]cnc2n1. The molecule has 0 spiro atoms. The molecular weight excluding hydrogens is 258 g/mol. The summed E-state index contributed by atoms with van der Waals surface area (Å²) in [5.41, 5.74) is 1.40. The van der Waals surface area contributed by atoms with Gasteiger partial charge in [0, 0.05) is 13.1 Å². The number of aromatic nitrogens is 4. The van der Waals surface area contributed by atoms with Gasteiger partial charge < -0.3 is 19.9 Å². The molecule has 0 radical (unpaired) electrons. The molecule has 20 heavy (non-hydrogen) atoms. The molecule has 1 saturated heterocycles. The van der Waals surface area contributed by atoms with Crippen LogP contribution in [0.15, 0.2) is 6.33 Å². The number of fused-ring (bicyclic) bond motifs is 1. The summed E-state index contributed by atoms with van der Waals surface area (Å²) in [7, 11) is 0. The number of morpholine rings is 1. The first kappa shape index (κ1) is 12.6. The molecule has 0 bridgehead atoms. The fraction of sp³-hybridized carbons (Fsp3) is 0.500. The van der Waals surface area contributed by atoms with E-state index in [2.05, 4.69) is 31.3 Å². The quantitative estimate of drug-likeness (QED) is 0.840. The van der Waals surface area contributed by atoms with Crippen molar-refractivity contribution in [1.29, 1.82) is 5.26 Å². The maximum atomic E-state index is 9.00. The number of ether oxygens (including phenoxy) is 1. The summed E-state index contributed by atoms with van der Waals surface area (Å²) in [5.74, 6) is 1.30. The molecule has 104 valence electrons. The normalized spacial score (nSPS) is 19.0. The van der Waals surface area contributed by atoms with E-state index in [-0.39, 0.29) is 0 Å². The summed E-state index contributed by atoms with van der Waals surface area (Å²) in [6, 6.07) is 2.14. The van der Waals surface area contributed by atoms with E-state index in [0.29, 0.717) is 31.3 Å². The average Bonchev–Trinajstić information content (AvgIpc) is 2.95. The first-order valence-electron chi connectivity index (χ1n) is 6.53. The Kier molecular flexibility index (Phi) is 3.35. The van der Waals surface area contributed by atoms with Gasteiger partial charge in [0.05, 0.1) is 25.5 Å². The standard InChI is InChI=1S/C12H15N7O/c1-2-14-12-17-10-9(15-7-16-10)11(18-12)19-3-4-20-8(5-13)6-19/h7-8H,2-4,6H2,1H3,(H2,14,15,16,17,18). The minimum Gasteiger partial charge on any atom is -0.360 e. The largest absolute Gasteiger partial charge is 0.360 e. The Balaban J connectivity index is 2.00. The molecule has 8 nitrogen and oxygen atoms in total. The van der Waals surface area contributed by atoms with Crippen molar-refractivity contribution in [2.75, 3.05) is 36.5 Å². The van der Waals surface area contributed by atoms with E-state index < -0.39 is 6.10 Å². The van der Waals surface area contributed by atoms with Crippen molar-refractivity contribution in [3.05, 3.63) is 6.33 Å². The molecule has 2 aromatic heterocycles. The van der Waals surface area contributed by atoms with E-state index in [4.69, 9.17) is 10.00 Å². The summed E-state index contributed by atoms with van der Waals surface area (Å²) >= 11 is 0. The van der Waals surface area contributed by atoms with E-state index in [1.54, 1.807) is 6.33 Å². The van der Waals surface area contributed by atoms with Gasteiger partial charge >= 0.3 is 0 Å². The lowest BCUT2D eigenvalue weighted by Crippen LogP contribution is -2.42. The van der Waals surface area contributed by atoms with E-state index in [1.807, 2.05) is 11.8 Å². The van der Waals surface area contributed by atoms with Gasteiger partial charge in [0.15, 0.2) is 17.6 Å². The molecule has 3 heterocycles. The zero-order valence-electron chi connectivity index (χ0n) is 11.1. The van der Waals surface area contributed by atoms with Crippen LogP contribution in [0.3, 0.4) is 0 Å². The topological polar surface area (TPSA) is 103 Å². The number of nitrogens with one attached hydrogen (secondary N) is 2. The molecule has 3 rings (SSSR count). The molecular formula is C12H15N7O. The minimum atomic E-state index is -0.431. The second kappa shape index (κ2) is 5.30. The summed E-state index contributed by atoms with van der Waals surface area (Å²) in [6.45, 7) is 4.41. The number of rotatable bonds is 3. The van der Waals surface area contributed by atoms with Crippen LogP contribution in [0.25, 0.3) is 11.2 Å². The highest BCUT2D eigenvalue weighted by atomic mass is 16.5. The van der Waals surface area contributed by atoms with Gasteiger partial charge in [0.25, 0.3) is 0 Å². The van der Waals surface area contributed by atoms with Gasteiger partial charge in [0.1, 0.15) is 5.52 Å². The first-order chi connectivity index (χ1) is 9.81. The van der Waals surface area contributed by atoms with Crippen LogP contribution in [0.5, 0.6) is 0 Å². The third-order valence-corrected chi connectivity index (χ3v) is 3.11. The van der Waals surface area contributed by atoms with Crippen molar-refractivity contribution in [1.82, 2.24) is 19.9 Å². The molecule has 8 heteroatoms. The van der Waals surface area contributed by atoms with E-state index in [0.717, 1.165) is 17.9 Å². The van der Waals surface area contributed by atoms with Crippen molar-refractivity contribution in [2.24, 2.45) is 0 Å². The summed E-state index contributed by atoms with van der Waals surface area (Å²) in [4.78, 5) is 18.1. The van der Waals surface area contributed by atoms with Crippen LogP contribution in [-0.4, -0.2) is 52.3 Å². The van der Waals surface area contributed by atoms with Gasteiger partial charge in [-0.25, -0.2) is 4.98 Å². The van der Waals surface area contributed by atoms with Crippen LogP contribution in [0.1, 0.15) is 6.92 Å². The average molecular weight is 273 g/mol. The zero-order chi connectivity index (χ0) is 13.9. The molecule has 0 aliphatic carbocycles. The van der Waals surface area contributed by atoms with Crippen molar-refractivity contribution < 1.29 is 4.74 Å². The lowest BCUT2D eigenvalue weighted by molar-refractivity contribution is 0.0762. The summed E-state index contributed by atoms with van der Waals surface area (Å²) in [5, 5.41) is 12.1. The number of aromatic amines is 1. The second-order valence-corrected chi connectivity index (χ2v) is 4.44. The molecule has 2 aromatic rings. The van der Waals surface area contributed by atoms with Gasteiger partial charge in [-0.15, -0.1) is 0 Å². The smallest absolute Gasteiger partial charge is 0.226 e.